The standard InChI is InChI=1S/C21H25ClN2O2/c1-26-20-8-7-18(14-19(20)22)23-15-21(25)24-11-9-17(10-12-24)13-16-5-3-2-4-6-16/h2-8,14,17,23H,9-13,15H2,1H3. The summed E-state index contributed by atoms with van der Waals surface area (Å²) < 4.78 is 5.14. The lowest BCUT2D eigenvalue weighted by atomic mass is 9.90. The number of hydrogen-bond donors (Lipinski definition) is 1. The minimum Gasteiger partial charge on any atom is -0.495 e. The van der Waals surface area contributed by atoms with Crippen LogP contribution in [0.15, 0.2) is 48.5 Å². The van der Waals surface area contributed by atoms with E-state index in [0.29, 0.717) is 16.7 Å². The molecule has 1 saturated heterocycles. The first-order valence-electron chi connectivity index (χ1n) is 9.05. The molecule has 1 N–H and O–H groups in total. The maximum Gasteiger partial charge on any atom is 0.241 e. The third-order valence-electron chi connectivity index (χ3n) is 4.93. The Hall–Kier alpha value is -2.20. The van der Waals surface area contributed by atoms with Crippen molar-refractivity contribution in [1.82, 2.24) is 4.90 Å². The van der Waals surface area contributed by atoms with Gasteiger partial charge in [0.15, 0.2) is 0 Å². The van der Waals surface area contributed by atoms with E-state index in [9.17, 15) is 4.79 Å². The van der Waals surface area contributed by atoms with E-state index >= 15 is 0 Å². The van der Waals surface area contributed by atoms with E-state index in [-0.39, 0.29) is 12.5 Å². The molecule has 1 aliphatic rings. The second kappa shape index (κ2) is 8.95. The van der Waals surface area contributed by atoms with E-state index < -0.39 is 0 Å². The van der Waals surface area contributed by atoms with Crippen molar-refractivity contribution >= 4 is 23.2 Å². The first-order valence-corrected chi connectivity index (χ1v) is 9.42. The number of nitrogens with one attached hydrogen (secondary N) is 1. The number of benzene rings is 2. The Bertz CT molecular complexity index is 728. The van der Waals surface area contributed by atoms with E-state index in [1.165, 1.54) is 5.56 Å². The maximum absolute atomic E-state index is 12.5. The molecule has 5 heteroatoms. The quantitative estimate of drug-likeness (QED) is 0.824. The monoisotopic (exact) mass is 372 g/mol. The van der Waals surface area contributed by atoms with Gasteiger partial charge in [-0.15, -0.1) is 0 Å². The molecule has 0 radical (unpaired) electrons. The van der Waals surface area contributed by atoms with Crippen LogP contribution in [0.1, 0.15) is 18.4 Å². The van der Waals surface area contributed by atoms with Gasteiger partial charge in [-0.05, 0) is 48.9 Å². The molecule has 0 bridgehead atoms. The average molecular weight is 373 g/mol. The van der Waals surface area contributed by atoms with Gasteiger partial charge in [0, 0.05) is 18.8 Å². The van der Waals surface area contributed by atoms with Gasteiger partial charge in [-0.25, -0.2) is 0 Å². The van der Waals surface area contributed by atoms with Crippen molar-refractivity contribution in [3.63, 3.8) is 0 Å². The summed E-state index contributed by atoms with van der Waals surface area (Å²) in [6.45, 7) is 1.95. The molecule has 2 aromatic carbocycles. The lowest BCUT2D eigenvalue weighted by Crippen LogP contribution is -2.41. The number of carbonyl (C=O) groups is 1. The molecule has 1 amide bonds. The van der Waals surface area contributed by atoms with Crippen LogP contribution in [0, 0.1) is 5.92 Å². The van der Waals surface area contributed by atoms with Gasteiger partial charge in [0.2, 0.25) is 5.91 Å². The topological polar surface area (TPSA) is 41.6 Å². The van der Waals surface area contributed by atoms with Crippen LogP contribution in [-0.2, 0) is 11.2 Å². The van der Waals surface area contributed by atoms with Crippen LogP contribution in [0.5, 0.6) is 5.75 Å². The van der Waals surface area contributed by atoms with Crippen molar-refractivity contribution < 1.29 is 9.53 Å². The van der Waals surface area contributed by atoms with Gasteiger partial charge in [0.05, 0.1) is 18.7 Å². The van der Waals surface area contributed by atoms with Crippen molar-refractivity contribution in [3.8, 4) is 5.75 Å². The molecule has 26 heavy (non-hydrogen) atoms. The van der Waals surface area contributed by atoms with E-state index in [4.69, 9.17) is 16.3 Å². The summed E-state index contributed by atoms with van der Waals surface area (Å²) in [7, 11) is 1.58. The van der Waals surface area contributed by atoms with Crippen molar-refractivity contribution in [1.29, 1.82) is 0 Å². The number of methoxy groups -OCH3 is 1. The molecule has 0 aliphatic carbocycles. The van der Waals surface area contributed by atoms with Crippen LogP contribution in [0.4, 0.5) is 5.69 Å². The number of rotatable bonds is 6. The normalized spacial score (nSPS) is 14.9. The van der Waals surface area contributed by atoms with Crippen molar-refractivity contribution in [2.45, 2.75) is 19.3 Å². The fourth-order valence-corrected chi connectivity index (χ4v) is 3.66. The zero-order valence-electron chi connectivity index (χ0n) is 15.1. The molecule has 138 valence electrons. The summed E-state index contributed by atoms with van der Waals surface area (Å²) in [6.07, 6.45) is 3.23. The minimum absolute atomic E-state index is 0.134. The lowest BCUT2D eigenvalue weighted by Gasteiger charge is -2.32. The Kier molecular flexibility index (Phi) is 6.40. The van der Waals surface area contributed by atoms with Crippen LogP contribution >= 0.6 is 11.6 Å². The van der Waals surface area contributed by atoms with E-state index in [1.54, 1.807) is 19.2 Å². The summed E-state index contributed by atoms with van der Waals surface area (Å²) in [5, 5.41) is 3.69. The fourth-order valence-electron chi connectivity index (χ4n) is 3.40. The van der Waals surface area contributed by atoms with Crippen LogP contribution in [-0.4, -0.2) is 37.6 Å². The molecule has 2 aromatic rings. The molecule has 1 heterocycles. The number of likely N-dealkylation sites (tertiary alicyclic amines) is 1. The Morgan fingerprint density at radius 1 is 1.19 bits per heavy atom. The molecule has 0 saturated carbocycles. The van der Waals surface area contributed by atoms with Crippen LogP contribution in [0.25, 0.3) is 0 Å². The van der Waals surface area contributed by atoms with Gasteiger partial charge in [-0.3, -0.25) is 4.79 Å². The number of halogens is 1. The Balaban J connectivity index is 1.44. The van der Waals surface area contributed by atoms with Gasteiger partial charge < -0.3 is 15.0 Å². The largest absolute Gasteiger partial charge is 0.495 e. The van der Waals surface area contributed by atoms with Crippen LogP contribution in [0.2, 0.25) is 5.02 Å². The SMILES string of the molecule is COc1ccc(NCC(=O)N2CCC(Cc3ccccc3)CC2)cc1Cl. The Labute approximate surface area is 160 Å². The summed E-state index contributed by atoms with van der Waals surface area (Å²) >= 11 is 6.12. The van der Waals surface area contributed by atoms with Gasteiger partial charge >= 0.3 is 0 Å². The van der Waals surface area contributed by atoms with Gasteiger partial charge in [0.25, 0.3) is 0 Å². The Morgan fingerprint density at radius 3 is 2.58 bits per heavy atom. The number of hydrogen-bond acceptors (Lipinski definition) is 3. The lowest BCUT2D eigenvalue weighted by molar-refractivity contribution is -0.130. The van der Waals surface area contributed by atoms with Crippen molar-refractivity contribution in [2.24, 2.45) is 5.92 Å². The van der Waals surface area contributed by atoms with Gasteiger partial charge in [0.1, 0.15) is 5.75 Å². The van der Waals surface area contributed by atoms with Crippen LogP contribution < -0.4 is 10.1 Å². The fraction of sp³-hybridized carbons (Fsp3) is 0.381. The van der Waals surface area contributed by atoms with E-state index in [2.05, 4.69) is 29.6 Å². The number of anilines is 1. The first kappa shape index (κ1) is 18.6. The molecule has 1 aliphatic heterocycles. The number of carbonyl (C=O) groups excluding carboxylic acids is 1. The van der Waals surface area contributed by atoms with Crippen LogP contribution in [0.3, 0.4) is 0 Å². The number of ether oxygens (including phenoxy) is 1. The molecule has 4 nitrogen and oxygen atoms in total. The van der Waals surface area contributed by atoms with Gasteiger partial charge in [-0.1, -0.05) is 41.9 Å². The molecular weight excluding hydrogens is 348 g/mol. The summed E-state index contributed by atoms with van der Waals surface area (Å²) in [6, 6.07) is 16.0. The van der Waals surface area contributed by atoms with Gasteiger partial charge in [-0.2, -0.15) is 0 Å². The van der Waals surface area contributed by atoms with E-state index in [0.717, 1.165) is 38.0 Å². The number of amides is 1. The summed E-state index contributed by atoms with van der Waals surface area (Å²) in [4.78, 5) is 14.4. The number of nitrogens with zero attached hydrogens (tertiary/aromatic N) is 1. The third kappa shape index (κ3) is 4.92. The molecular formula is C21H25ClN2O2. The third-order valence-corrected chi connectivity index (χ3v) is 5.23. The van der Waals surface area contributed by atoms with Crippen molar-refractivity contribution in [2.75, 3.05) is 32.1 Å². The zero-order valence-corrected chi connectivity index (χ0v) is 15.8. The molecule has 0 unspecified atom stereocenters. The highest BCUT2D eigenvalue weighted by Crippen LogP contribution is 2.27. The zero-order chi connectivity index (χ0) is 18.4. The second-order valence-electron chi connectivity index (χ2n) is 6.72. The Morgan fingerprint density at radius 2 is 1.92 bits per heavy atom. The predicted octanol–water partition coefficient (Wildman–Crippen LogP) is 4.24. The molecule has 3 rings (SSSR count). The average Bonchev–Trinajstić information content (AvgIpc) is 2.67. The summed E-state index contributed by atoms with van der Waals surface area (Å²) in [5.41, 5.74) is 2.21. The smallest absolute Gasteiger partial charge is 0.241 e. The number of piperidine rings is 1. The second-order valence-corrected chi connectivity index (χ2v) is 7.12. The highest BCUT2D eigenvalue weighted by molar-refractivity contribution is 6.32. The molecule has 0 atom stereocenters. The highest BCUT2D eigenvalue weighted by Gasteiger charge is 2.22. The maximum atomic E-state index is 12.5. The van der Waals surface area contributed by atoms with Crippen molar-refractivity contribution in [3.05, 3.63) is 59.1 Å². The molecule has 0 spiro atoms. The molecule has 0 aromatic heterocycles. The van der Waals surface area contributed by atoms with E-state index in [1.807, 2.05) is 17.0 Å². The highest BCUT2D eigenvalue weighted by atomic mass is 35.5. The predicted molar refractivity (Wildman–Crippen MR) is 106 cm³/mol. The minimum atomic E-state index is 0.134. The first-order chi connectivity index (χ1) is 12.7. The summed E-state index contributed by atoms with van der Waals surface area (Å²) in [5.74, 6) is 1.42. The molecule has 1 fully saturated rings.